The van der Waals surface area contributed by atoms with Gasteiger partial charge in [0.15, 0.2) is 0 Å². The number of aliphatic imine (C=N–C) groups is 2. The van der Waals surface area contributed by atoms with Gasteiger partial charge >= 0.3 is 0 Å². The van der Waals surface area contributed by atoms with Crippen molar-refractivity contribution in [3.05, 3.63) is 25.3 Å². The van der Waals surface area contributed by atoms with E-state index in [0.717, 1.165) is 0 Å². The summed E-state index contributed by atoms with van der Waals surface area (Å²) in [5.41, 5.74) is 0. The van der Waals surface area contributed by atoms with E-state index in [4.69, 9.17) is 0 Å². The van der Waals surface area contributed by atoms with E-state index in [1.807, 2.05) is 0 Å². The van der Waals surface area contributed by atoms with Gasteiger partial charge in [0.25, 0.3) is 0 Å². The quantitative estimate of drug-likeness (QED) is 0.399. The summed E-state index contributed by atoms with van der Waals surface area (Å²) in [5, 5.41) is 0. The average Bonchev–Trinajstić information content (AvgIpc) is 1.89. The maximum absolute atomic E-state index is 3.74. The standard InChI is InChI=1S/C7H10N2/c1-3-5-8-7-9-6-4-2/h3-4H,1-2,5-6H2. The SMILES string of the molecule is C=CCN=C=NCC=C. The molecule has 0 fully saturated rings. The van der Waals surface area contributed by atoms with E-state index in [1.54, 1.807) is 12.2 Å². The van der Waals surface area contributed by atoms with Crippen LogP contribution in [-0.2, 0) is 0 Å². The Morgan fingerprint density at radius 2 is 1.56 bits per heavy atom. The molecule has 0 amide bonds. The molecule has 0 radical (unpaired) electrons. The normalized spacial score (nSPS) is 7.11. The molecule has 0 aliphatic rings. The van der Waals surface area contributed by atoms with Crippen molar-refractivity contribution in [1.29, 1.82) is 0 Å². The van der Waals surface area contributed by atoms with E-state index in [0.29, 0.717) is 13.1 Å². The smallest absolute Gasteiger partial charge is 0.0899 e. The summed E-state index contributed by atoms with van der Waals surface area (Å²) in [6, 6.07) is 2.49. The molecule has 0 saturated carbocycles. The first-order valence-electron chi connectivity index (χ1n) is 2.71. The monoisotopic (exact) mass is 122 g/mol. The Hall–Kier alpha value is -1.14. The lowest BCUT2D eigenvalue weighted by molar-refractivity contribution is 1.22. The molecule has 0 aliphatic heterocycles. The molecule has 2 nitrogen and oxygen atoms in total. The molecule has 0 heterocycles. The van der Waals surface area contributed by atoms with Crippen LogP contribution in [0.3, 0.4) is 0 Å². The zero-order valence-electron chi connectivity index (χ0n) is 5.38. The van der Waals surface area contributed by atoms with Crippen LogP contribution in [0.1, 0.15) is 0 Å². The molecule has 0 rings (SSSR count). The lowest BCUT2D eigenvalue weighted by Crippen LogP contribution is -1.69. The summed E-state index contributed by atoms with van der Waals surface area (Å²) in [7, 11) is 0. The average molecular weight is 122 g/mol. The molecule has 0 aromatic carbocycles. The summed E-state index contributed by atoms with van der Waals surface area (Å²) >= 11 is 0. The summed E-state index contributed by atoms with van der Waals surface area (Å²) in [5.74, 6) is 0. The van der Waals surface area contributed by atoms with Gasteiger partial charge in [-0.25, -0.2) is 9.98 Å². The third kappa shape index (κ3) is 6.86. The molecule has 0 aliphatic carbocycles. The highest BCUT2D eigenvalue weighted by Gasteiger charge is 1.63. The van der Waals surface area contributed by atoms with Gasteiger partial charge in [0.1, 0.15) is 0 Å². The van der Waals surface area contributed by atoms with Gasteiger partial charge in [-0.05, 0) is 0 Å². The van der Waals surface area contributed by atoms with E-state index >= 15 is 0 Å². The van der Waals surface area contributed by atoms with Gasteiger partial charge in [-0.2, -0.15) is 0 Å². The van der Waals surface area contributed by atoms with Crippen molar-refractivity contribution in [3.8, 4) is 0 Å². The first-order valence-corrected chi connectivity index (χ1v) is 2.71. The van der Waals surface area contributed by atoms with Crippen LogP contribution in [0.2, 0.25) is 0 Å². The Morgan fingerprint density at radius 1 is 1.11 bits per heavy atom. The van der Waals surface area contributed by atoms with Crippen LogP contribution < -0.4 is 0 Å². The minimum Gasteiger partial charge on any atom is -0.221 e. The van der Waals surface area contributed by atoms with Crippen LogP contribution in [0.15, 0.2) is 35.3 Å². The van der Waals surface area contributed by atoms with Crippen LogP contribution in [0.25, 0.3) is 0 Å². The van der Waals surface area contributed by atoms with Crippen molar-refractivity contribution in [2.45, 2.75) is 0 Å². The second-order valence-electron chi connectivity index (χ2n) is 1.36. The van der Waals surface area contributed by atoms with Crippen molar-refractivity contribution in [2.24, 2.45) is 9.98 Å². The lowest BCUT2D eigenvalue weighted by atomic mass is 10.6. The number of nitrogens with zero attached hydrogens (tertiary/aromatic N) is 2. The Labute approximate surface area is 55.3 Å². The molecule has 0 saturated heterocycles. The second kappa shape index (κ2) is 6.86. The van der Waals surface area contributed by atoms with Crippen LogP contribution >= 0.6 is 0 Å². The van der Waals surface area contributed by atoms with Crippen LogP contribution in [0.5, 0.6) is 0 Å². The highest BCUT2D eigenvalue weighted by Crippen LogP contribution is 1.67. The van der Waals surface area contributed by atoms with E-state index in [9.17, 15) is 0 Å². The van der Waals surface area contributed by atoms with Gasteiger partial charge in [-0.15, -0.1) is 13.2 Å². The van der Waals surface area contributed by atoms with Gasteiger partial charge in [-0.3, -0.25) is 0 Å². The zero-order chi connectivity index (χ0) is 6.95. The van der Waals surface area contributed by atoms with Crippen LogP contribution in [-0.4, -0.2) is 19.1 Å². The molecular formula is C7H10N2. The summed E-state index contributed by atoms with van der Waals surface area (Å²) < 4.78 is 0. The third-order valence-corrected chi connectivity index (χ3v) is 0.582. The van der Waals surface area contributed by atoms with Crippen molar-refractivity contribution in [1.82, 2.24) is 0 Å². The van der Waals surface area contributed by atoms with Gasteiger partial charge in [0, 0.05) is 0 Å². The molecular weight excluding hydrogens is 112 g/mol. The molecule has 9 heavy (non-hydrogen) atoms. The van der Waals surface area contributed by atoms with Crippen molar-refractivity contribution in [3.63, 3.8) is 0 Å². The van der Waals surface area contributed by atoms with Crippen LogP contribution in [0, 0.1) is 0 Å². The van der Waals surface area contributed by atoms with Gasteiger partial charge in [0.2, 0.25) is 0 Å². The number of hydrogen-bond donors (Lipinski definition) is 0. The molecule has 0 aromatic rings. The fourth-order valence-electron chi connectivity index (χ4n) is 0.261. The predicted molar refractivity (Wildman–Crippen MR) is 40.0 cm³/mol. The molecule has 2 heteroatoms. The summed E-state index contributed by atoms with van der Waals surface area (Å²) in [6.45, 7) is 8.13. The highest BCUT2D eigenvalue weighted by atomic mass is 14.8. The molecule has 48 valence electrons. The first-order chi connectivity index (χ1) is 4.41. The van der Waals surface area contributed by atoms with Gasteiger partial charge in [0.05, 0.1) is 19.1 Å². The largest absolute Gasteiger partial charge is 0.221 e. The van der Waals surface area contributed by atoms with Gasteiger partial charge < -0.3 is 0 Å². The Bertz CT molecular complexity index is 127. The molecule has 0 N–H and O–H groups in total. The molecule has 0 aromatic heterocycles. The first kappa shape index (κ1) is 7.86. The third-order valence-electron chi connectivity index (χ3n) is 0.582. The maximum atomic E-state index is 3.74. The van der Waals surface area contributed by atoms with E-state index in [-0.39, 0.29) is 0 Å². The number of rotatable bonds is 4. The van der Waals surface area contributed by atoms with E-state index < -0.39 is 0 Å². The molecule has 0 unspecified atom stereocenters. The maximum Gasteiger partial charge on any atom is 0.0899 e. The Morgan fingerprint density at radius 3 is 1.89 bits per heavy atom. The fraction of sp³-hybridized carbons (Fsp3) is 0.286. The topological polar surface area (TPSA) is 24.7 Å². The van der Waals surface area contributed by atoms with Gasteiger partial charge in [-0.1, -0.05) is 12.2 Å². The predicted octanol–water partition coefficient (Wildman–Crippen LogP) is 1.53. The number of hydrogen-bond acceptors (Lipinski definition) is 2. The van der Waals surface area contributed by atoms with E-state index in [1.165, 1.54) is 0 Å². The Kier molecular flexibility index (Phi) is 5.99. The summed E-state index contributed by atoms with van der Waals surface area (Å²) in [4.78, 5) is 7.49. The van der Waals surface area contributed by atoms with Crippen molar-refractivity contribution >= 4 is 6.01 Å². The zero-order valence-corrected chi connectivity index (χ0v) is 5.38. The second-order valence-corrected chi connectivity index (χ2v) is 1.36. The van der Waals surface area contributed by atoms with Crippen LogP contribution in [0.4, 0.5) is 0 Å². The minimum absolute atomic E-state index is 0.584. The molecule has 0 spiro atoms. The molecule has 0 bridgehead atoms. The fourth-order valence-corrected chi connectivity index (χ4v) is 0.261. The minimum atomic E-state index is 0.584. The van der Waals surface area contributed by atoms with Crippen molar-refractivity contribution in [2.75, 3.05) is 13.1 Å². The lowest BCUT2D eigenvalue weighted by Gasteiger charge is -1.72. The highest BCUT2D eigenvalue weighted by molar-refractivity contribution is 5.41. The summed E-state index contributed by atoms with van der Waals surface area (Å²) in [6.07, 6.45) is 3.38. The molecule has 0 atom stereocenters. The van der Waals surface area contributed by atoms with E-state index in [2.05, 4.69) is 29.2 Å². The Balaban J connectivity index is 3.40. The van der Waals surface area contributed by atoms with Crippen molar-refractivity contribution < 1.29 is 0 Å².